The van der Waals surface area contributed by atoms with Crippen molar-refractivity contribution in [2.24, 2.45) is 0 Å². The first kappa shape index (κ1) is 16.0. The Morgan fingerprint density at radius 3 is 2.71 bits per heavy atom. The number of aryl methyl sites for hydroxylation is 1. The topological polar surface area (TPSA) is 41.5 Å². The maximum absolute atomic E-state index is 10.4. The van der Waals surface area contributed by atoms with Crippen LogP contribution in [0, 0.1) is 6.92 Å². The third kappa shape index (κ3) is 3.82. The van der Waals surface area contributed by atoms with Gasteiger partial charge in [-0.05, 0) is 31.2 Å². The Bertz CT molecular complexity index is 632. The van der Waals surface area contributed by atoms with Gasteiger partial charge in [-0.2, -0.15) is 0 Å². The summed E-state index contributed by atoms with van der Waals surface area (Å²) in [6.07, 6.45) is -0.713. The Morgan fingerprint density at radius 2 is 2.00 bits per heavy atom. The molecule has 5 heteroatoms. The van der Waals surface area contributed by atoms with Crippen molar-refractivity contribution in [1.82, 2.24) is 0 Å². The molecule has 2 rings (SSSR count). The molecule has 112 valence electrons. The standard InChI is InChI=1S/C16H17Cl2NO2/c1-10-6-7-15(21-2)11(8-10)14(20)9-19-13-5-3-4-12(17)16(13)18/h3-8,14,19-20H,9H2,1-2H3. The van der Waals surface area contributed by atoms with Gasteiger partial charge in [0.15, 0.2) is 0 Å². The average molecular weight is 326 g/mol. The van der Waals surface area contributed by atoms with Crippen LogP contribution in [-0.4, -0.2) is 18.8 Å². The molecule has 0 amide bonds. The minimum absolute atomic E-state index is 0.305. The van der Waals surface area contributed by atoms with E-state index in [4.69, 9.17) is 27.9 Å². The molecule has 21 heavy (non-hydrogen) atoms. The van der Waals surface area contributed by atoms with Crippen molar-refractivity contribution in [3.63, 3.8) is 0 Å². The van der Waals surface area contributed by atoms with Crippen LogP contribution in [0.15, 0.2) is 36.4 Å². The first-order chi connectivity index (χ1) is 10.0. The summed E-state index contributed by atoms with van der Waals surface area (Å²) in [7, 11) is 1.59. The van der Waals surface area contributed by atoms with Gasteiger partial charge in [-0.3, -0.25) is 0 Å². The van der Waals surface area contributed by atoms with Gasteiger partial charge in [0.2, 0.25) is 0 Å². The fourth-order valence-electron chi connectivity index (χ4n) is 2.07. The largest absolute Gasteiger partial charge is 0.496 e. The van der Waals surface area contributed by atoms with E-state index in [-0.39, 0.29) is 0 Å². The maximum Gasteiger partial charge on any atom is 0.124 e. The SMILES string of the molecule is COc1ccc(C)cc1C(O)CNc1cccc(Cl)c1Cl. The molecule has 2 aromatic rings. The normalized spacial score (nSPS) is 12.0. The highest BCUT2D eigenvalue weighted by molar-refractivity contribution is 6.43. The lowest BCUT2D eigenvalue weighted by Gasteiger charge is -2.17. The van der Waals surface area contributed by atoms with Crippen molar-refractivity contribution >= 4 is 28.9 Å². The lowest BCUT2D eigenvalue weighted by Crippen LogP contribution is -2.13. The van der Waals surface area contributed by atoms with Crippen molar-refractivity contribution in [2.45, 2.75) is 13.0 Å². The van der Waals surface area contributed by atoms with Crippen molar-refractivity contribution in [3.05, 3.63) is 57.6 Å². The number of halogens is 2. The second-order valence-electron chi connectivity index (χ2n) is 4.74. The lowest BCUT2D eigenvalue weighted by molar-refractivity contribution is 0.187. The first-order valence-corrected chi connectivity index (χ1v) is 7.29. The molecule has 3 nitrogen and oxygen atoms in total. The van der Waals surface area contributed by atoms with E-state index in [1.165, 1.54) is 0 Å². The van der Waals surface area contributed by atoms with Gasteiger partial charge in [0.1, 0.15) is 5.75 Å². The lowest BCUT2D eigenvalue weighted by atomic mass is 10.1. The zero-order valence-electron chi connectivity index (χ0n) is 11.9. The number of benzene rings is 2. The molecule has 2 aromatic carbocycles. The van der Waals surface area contributed by atoms with Gasteiger partial charge in [-0.15, -0.1) is 0 Å². The monoisotopic (exact) mass is 325 g/mol. The molecule has 0 heterocycles. The fraction of sp³-hybridized carbons (Fsp3) is 0.250. The Kier molecular flexibility index (Phi) is 5.34. The molecule has 0 saturated heterocycles. The number of ether oxygens (including phenoxy) is 1. The van der Waals surface area contributed by atoms with Gasteiger partial charge in [0, 0.05) is 12.1 Å². The van der Waals surface area contributed by atoms with E-state index >= 15 is 0 Å². The van der Waals surface area contributed by atoms with Gasteiger partial charge in [-0.1, -0.05) is 40.9 Å². The van der Waals surface area contributed by atoms with Crippen LogP contribution < -0.4 is 10.1 Å². The molecular formula is C16H17Cl2NO2. The molecule has 0 aromatic heterocycles. The summed E-state index contributed by atoms with van der Waals surface area (Å²) in [4.78, 5) is 0. The van der Waals surface area contributed by atoms with Crippen LogP contribution in [0.25, 0.3) is 0 Å². The number of aliphatic hydroxyl groups excluding tert-OH is 1. The number of aliphatic hydroxyl groups is 1. The summed E-state index contributed by atoms with van der Waals surface area (Å²) in [5.74, 6) is 0.659. The zero-order chi connectivity index (χ0) is 15.4. The quantitative estimate of drug-likeness (QED) is 0.852. The molecule has 0 aliphatic heterocycles. The molecule has 0 bridgehead atoms. The number of hydrogen-bond acceptors (Lipinski definition) is 3. The fourth-order valence-corrected chi connectivity index (χ4v) is 2.44. The highest BCUT2D eigenvalue weighted by atomic mass is 35.5. The predicted octanol–water partition coefficient (Wildman–Crippen LogP) is 4.46. The van der Waals surface area contributed by atoms with E-state index in [0.717, 1.165) is 11.1 Å². The van der Waals surface area contributed by atoms with Crippen LogP contribution >= 0.6 is 23.2 Å². The number of hydrogen-bond donors (Lipinski definition) is 2. The third-order valence-corrected chi connectivity index (χ3v) is 4.00. The van der Waals surface area contributed by atoms with E-state index in [2.05, 4.69) is 5.32 Å². The van der Waals surface area contributed by atoms with Gasteiger partial charge in [0.25, 0.3) is 0 Å². The number of nitrogens with one attached hydrogen (secondary N) is 1. The minimum atomic E-state index is -0.713. The average Bonchev–Trinajstić information content (AvgIpc) is 2.48. The van der Waals surface area contributed by atoms with Crippen LogP contribution in [0.4, 0.5) is 5.69 Å². The van der Waals surface area contributed by atoms with E-state index < -0.39 is 6.10 Å². The Morgan fingerprint density at radius 1 is 1.24 bits per heavy atom. The van der Waals surface area contributed by atoms with Crippen molar-refractivity contribution < 1.29 is 9.84 Å². The summed E-state index contributed by atoms with van der Waals surface area (Å²) < 4.78 is 5.28. The predicted molar refractivity (Wildman–Crippen MR) is 87.6 cm³/mol. The van der Waals surface area contributed by atoms with E-state index in [1.54, 1.807) is 19.2 Å². The number of anilines is 1. The Labute approximate surface area is 134 Å². The molecule has 0 spiro atoms. The Balaban J connectivity index is 2.13. The Hall–Kier alpha value is -1.42. The summed E-state index contributed by atoms with van der Waals surface area (Å²) in [5.41, 5.74) is 2.49. The molecule has 1 atom stereocenters. The molecule has 0 aliphatic rings. The smallest absolute Gasteiger partial charge is 0.124 e. The van der Waals surface area contributed by atoms with Crippen molar-refractivity contribution in [2.75, 3.05) is 19.0 Å². The molecule has 0 radical (unpaired) electrons. The third-order valence-electron chi connectivity index (χ3n) is 3.18. The minimum Gasteiger partial charge on any atom is -0.496 e. The summed E-state index contributed by atoms with van der Waals surface area (Å²) >= 11 is 12.1. The maximum atomic E-state index is 10.4. The number of rotatable bonds is 5. The highest BCUT2D eigenvalue weighted by Crippen LogP contribution is 2.31. The van der Waals surface area contributed by atoms with Crippen LogP contribution in [0.1, 0.15) is 17.2 Å². The second-order valence-corrected chi connectivity index (χ2v) is 5.53. The summed E-state index contributed by atoms with van der Waals surface area (Å²) in [6.45, 7) is 2.27. The van der Waals surface area contributed by atoms with E-state index in [0.29, 0.717) is 28.0 Å². The van der Waals surface area contributed by atoms with Crippen LogP contribution in [0.3, 0.4) is 0 Å². The van der Waals surface area contributed by atoms with Gasteiger partial charge >= 0.3 is 0 Å². The van der Waals surface area contributed by atoms with Crippen molar-refractivity contribution in [1.29, 1.82) is 0 Å². The molecule has 2 N–H and O–H groups in total. The second kappa shape index (κ2) is 7.03. The van der Waals surface area contributed by atoms with E-state index in [9.17, 15) is 5.11 Å². The highest BCUT2D eigenvalue weighted by Gasteiger charge is 2.14. The summed E-state index contributed by atoms with van der Waals surface area (Å²) in [6, 6.07) is 11.0. The van der Waals surface area contributed by atoms with Gasteiger partial charge in [-0.25, -0.2) is 0 Å². The molecular weight excluding hydrogens is 309 g/mol. The molecule has 0 aliphatic carbocycles. The van der Waals surface area contributed by atoms with E-state index in [1.807, 2.05) is 31.2 Å². The number of methoxy groups -OCH3 is 1. The van der Waals surface area contributed by atoms with Crippen LogP contribution in [0.5, 0.6) is 5.75 Å². The van der Waals surface area contributed by atoms with Crippen molar-refractivity contribution in [3.8, 4) is 5.75 Å². The first-order valence-electron chi connectivity index (χ1n) is 6.53. The molecule has 0 fully saturated rings. The zero-order valence-corrected chi connectivity index (χ0v) is 13.4. The van der Waals surface area contributed by atoms with Gasteiger partial charge in [0.05, 0.1) is 28.9 Å². The molecule has 1 unspecified atom stereocenters. The van der Waals surface area contributed by atoms with Gasteiger partial charge < -0.3 is 15.2 Å². The van der Waals surface area contributed by atoms with Crippen LogP contribution in [0.2, 0.25) is 10.0 Å². The molecule has 0 saturated carbocycles. The van der Waals surface area contributed by atoms with Crippen LogP contribution in [-0.2, 0) is 0 Å². The summed E-state index contributed by atoms with van der Waals surface area (Å²) in [5, 5.41) is 14.4.